The van der Waals surface area contributed by atoms with Gasteiger partial charge in [0.2, 0.25) is 5.91 Å². The van der Waals surface area contributed by atoms with E-state index in [0.717, 1.165) is 11.3 Å². The lowest BCUT2D eigenvalue weighted by atomic mass is 10.1. The van der Waals surface area contributed by atoms with E-state index in [-0.39, 0.29) is 31.4 Å². The van der Waals surface area contributed by atoms with Crippen molar-refractivity contribution in [3.8, 4) is 0 Å². The van der Waals surface area contributed by atoms with Crippen molar-refractivity contribution in [3.05, 3.63) is 44.2 Å². The average Bonchev–Trinajstić information content (AvgIpc) is 2.94. The van der Waals surface area contributed by atoms with Crippen LogP contribution in [0.1, 0.15) is 25.6 Å². The van der Waals surface area contributed by atoms with Crippen LogP contribution in [0.5, 0.6) is 0 Å². The molecule has 138 valence electrons. The zero-order valence-corrected chi connectivity index (χ0v) is 16.7. The van der Waals surface area contributed by atoms with Crippen LogP contribution in [0.4, 0.5) is 10.7 Å². The van der Waals surface area contributed by atoms with Gasteiger partial charge in [0.25, 0.3) is 5.91 Å². The first-order valence-electron chi connectivity index (χ1n) is 7.13. The number of benzene rings is 1. The number of hydrogen-bond acceptors (Lipinski definition) is 5. The number of esters is 1. The van der Waals surface area contributed by atoms with Crippen molar-refractivity contribution < 1.29 is 19.1 Å². The minimum atomic E-state index is -0.677. The zero-order chi connectivity index (χ0) is 19.4. The quantitative estimate of drug-likeness (QED) is 0.532. The molecule has 26 heavy (non-hydrogen) atoms. The summed E-state index contributed by atoms with van der Waals surface area (Å²) in [6, 6.07) is 4.81. The average molecular weight is 436 g/mol. The molecule has 0 spiro atoms. The van der Waals surface area contributed by atoms with Crippen LogP contribution in [0.25, 0.3) is 0 Å². The summed E-state index contributed by atoms with van der Waals surface area (Å²) in [5, 5.41) is 5.80. The Morgan fingerprint density at radius 3 is 2.50 bits per heavy atom. The van der Waals surface area contributed by atoms with E-state index in [0.29, 0.717) is 11.3 Å². The highest BCUT2D eigenvalue weighted by atomic mass is 35.5. The van der Waals surface area contributed by atoms with Crippen LogP contribution in [0.3, 0.4) is 0 Å². The van der Waals surface area contributed by atoms with E-state index in [2.05, 4.69) is 10.6 Å². The molecule has 0 fully saturated rings. The van der Waals surface area contributed by atoms with Crippen molar-refractivity contribution >= 4 is 74.6 Å². The number of carbonyl (C=O) groups is 3. The molecular weight excluding hydrogens is 423 g/mol. The minimum absolute atomic E-state index is 0.0957. The van der Waals surface area contributed by atoms with Crippen molar-refractivity contribution in [2.24, 2.45) is 0 Å². The largest absolute Gasteiger partial charge is 0.465 e. The molecule has 1 aromatic carbocycles. The molecule has 0 saturated heterocycles. The molecule has 0 atom stereocenters. The molecule has 0 aliphatic rings. The number of ether oxygens (including phenoxy) is 1. The lowest BCUT2D eigenvalue weighted by Crippen LogP contribution is -2.15. The Balaban J connectivity index is 2.42. The monoisotopic (exact) mass is 434 g/mol. The van der Waals surface area contributed by atoms with E-state index in [1.165, 1.54) is 7.11 Å². The molecule has 0 aliphatic carbocycles. The third-order valence-corrected chi connectivity index (χ3v) is 5.58. The molecule has 2 aromatic rings. The smallest absolute Gasteiger partial charge is 0.341 e. The maximum atomic E-state index is 12.6. The zero-order valence-electron chi connectivity index (χ0n) is 13.6. The number of rotatable bonds is 5. The molecule has 0 aliphatic heterocycles. The van der Waals surface area contributed by atoms with E-state index >= 15 is 0 Å². The highest BCUT2D eigenvalue weighted by molar-refractivity contribution is 7.19. The number of hydrogen-bond donors (Lipinski definition) is 2. The molecule has 1 aromatic heterocycles. The molecule has 10 heteroatoms. The minimum Gasteiger partial charge on any atom is -0.465 e. The standard InChI is InChI=1S/C16H13Cl3N2O4S/c1-7-11(16(24)25-2)15(21-10(22)6-17)26-13(7)14(23)20-9-5-3-4-8(18)12(9)19/h3-5H,6H2,1-2H3,(H,20,23)(H,21,22). The molecule has 2 rings (SSSR count). The summed E-state index contributed by atoms with van der Waals surface area (Å²) < 4.78 is 4.73. The summed E-state index contributed by atoms with van der Waals surface area (Å²) in [7, 11) is 1.21. The third kappa shape index (κ3) is 4.29. The number of halogens is 3. The Bertz CT molecular complexity index is 883. The summed E-state index contributed by atoms with van der Waals surface area (Å²) in [4.78, 5) is 36.5. The van der Waals surface area contributed by atoms with Gasteiger partial charge in [-0.25, -0.2) is 4.79 Å². The predicted octanol–water partition coefficient (Wildman–Crippen LogP) is 4.58. The van der Waals surface area contributed by atoms with Gasteiger partial charge in [0, 0.05) is 0 Å². The number of carbonyl (C=O) groups excluding carboxylic acids is 3. The molecular formula is C16H13Cl3N2O4S. The molecule has 2 N–H and O–H groups in total. The van der Waals surface area contributed by atoms with Crippen molar-refractivity contribution in [1.82, 2.24) is 0 Å². The summed E-state index contributed by atoms with van der Waals surface area (Å²) in [6.07, 6.45) is 0. The van der Waals surface area contributed by atoms with Crippen LogP contribution in [0, 0.1) is 6.92 Å². The maximum absolute atomic E-state index is 12.6. The molecule has 0 radical (unpaired) electrons. The van der Waals surface area contributed by atoms with E-state index in [4.69, 9.17) is 39.5 Å². The van der Waals surface area contributed by atoms with Crippen LogP contribution in [0.2, 0.25) is 10.0 Å². The van der Waals surface area contributed by atoms with Crippen molar-refractivity contribution in [1.29, 1.82) is 0 Å². The van der Waals surface area contributed by atoms with Crippen molar-refractivity contribution in [2.45, 2.75) is 6.92 Å². The molecule has 0 bridgehead atoms. The Kier molecular flexibility index (Phi) is 6.88. The van der Waals surface area contributed by atoms with Crippen LogP contribution < -0.4 is 10.6 Å². The third-order valence-electron chi connectivity index (χ3n) is 3.32. The predicted molar refractivity (Wildman–Crippen MR) is 104 cm³/mol. The second-order valence-electron chi connectivity index (χ2n) is 4.99. The fourth-order valence-electron chi connectivity index (χ4n) is 2.11. The first-order chi connectivity index (χ1) is 12.3. The topological polar surface area (TPSA) is 84.5 Å². The number of nitrogens with one attached hydrogen (secondary N) is 2. The summed E-state index contributed by atoms with van der Waals surface area (Å²) in [6.45, 7) is 1.58. The van der Waals surface area contributed by atoms with E-state index in [1.54, 1.807) is 25.1 Å². The van der Waals surface area contributed by atoms with Crippen LogP contribution in [-0.2, 0) is 9.53 Å². The molecule has 0 unspecified atom stereocenters. The number of alkyl halides is 1. The van der Waals surface area contributed by atoms with Crippen LogP contribution in [-0.4, -0.2) is 30.8 Å². The normalized spacial score (nSPS) is 10.3. The molecule has 2 amide bonds. The molecule has 6 nitrogen and oxygen atoms in total. The second kappa shape index (κ2) is 8.73. The highest BCUT2D eigenvalue weighted by Crippen LogP contribution is 2.35. The lowest BCUT2D eigenvalue weighted by molar-refractivity contribution is -0.113. The summed E-state index contributed by atoms with van der Waals surface area (Å²) in [5.74, 6) is -1.99. The Morgan fingerprint density at radius 1 is 1.19 bits per heavy atom. The highest BCUT2D eigenvalue weighted by Gasteiger charge is 2.26. The fourth-order valence-corrected chi connectivity index (χ4v) is 3.63. The van der Waals surface area contributed by atoms with E-state index in [9.17, 15) is 14.4 Å². The van der Waals surface area contributed by atoms with Gasteiger partial charge in [0.15, 0.2) is 0 Å². The first-order valence-corrected chi connectivity index (χ1v) is 9.23. The Morgan fingerprint density at radius 2 is 1.88 bits per heavy atom. The number of amides is 2. The molecule has 1 heterocycles. The van der Waals surface area contributed by atoms with Crippen molar-refractivity contribution in [2.75, 3.05) is 23.6 Å². The van der Waals surface area contributed by atoms with Crippen LogP contribution in [0.15, 0.2) is 18.2 Å². The molecule has 0 saturated carbocycles. The van der Waals surface area contributed by atoms with Gasteiger partial charge in [-0.05, 0) is 24.6 Å². The number of thiophene rings is 1. The SMILES string of the molecule is COC(=O)c1c(NC(=O)CCl)sc(C(=O)Nc2cccc(Cl)c2Cl)c1C. The van der Waals surface area contributed by atoms with Gasteiger partial charge in [-0.15, -0.1) is 22.9 Å². The Hall–Kier alpha value is -1.80. The van der Waals surface area contributed by atoms with Gasteiger partial charge < -0.3 is 15.4 Å². The Labute approximate surface area is 168 Å². The van der Waals surface area contributed by atoms with Gasteiger partial charge in [0.05, 0.1) is 33.3 Å². The van der Waals surface area contributed by atoms with Gasteiger partial charge in [-0.3, -0.25) is 9.59 Å². The first kappa shape index (κ1) is 20.5. The van der Waals surface area contributed by atoms with E-state index in [1.807, 2.05) is 0 Å². The van der Waals surface area contributed by atoms with E-state index < -0.39 is 17.8 Å². The number of methoxy groups -OCH3 is 1. The van der Waals surface area contributed by atoms with Crippen LogP contribution >= 0.6 is 46.1 Å². The summed E-state index contributed by atoms with van der Waals surface area (Å²) in [5.41, 5.74) is 0.781. The van der Waals surface area contributed by atoms with Gasteiger partial charge in [-0.1, -0.05) is 29.3 Å². The van der Waals surface area contributed by atoms with Gasteiger partial charge >= 0.3 is 5.97 Å². The van der Waals surface area contributed by atoms with Gasteiger partial charge in [-0.2, -0.15) is 0 Å². The summed E-state index contributed by atoms with van der Waals surface area (Å²) >= 11 is 18.4. The lowest BCUT2D eigenvalue weighted by Gasteiger charge is -2.07. The van der Waals surface area contributed by atoms with Crippen molar-refractivity contribution in [3.63, 3.8) is 0 Å². The number of anilines is 2. The maximum Gasteiger partial charge on any atom is 0.341 e. The second-order valence-corrected chi connectivity index (χ2v) is 7.06. The fraction of sp³-hybridized carbons (Fsp3) is 0.188. The van der Waals surface area contributed by atoms with Gasteiger partial charge in [0.1, 0.15) is 10.9 Å².